The lowest BCUT2D eigenvalue weighted by Crippen LogP contribution is -2.17. The summed E-state index contributed by atoms with van der Waals surface area (Å²) in [5, 5.41) is 5.22. The van der Waals surface area contributed by atoms with Gasteiger partial charge in [0, 0.05) is 29.2 Å². The third-order valence-electron chi connectivity index (χ3n) is 4.49. The third-order valence-corrected chi connectivity index (χ3v) is 4.49. The summed E-state index contributed by atoms with van der Waals surface area (Å²) >= 11 is 0. The lowest BCUT2D eigenvalue weighted by atomic mass is 10.2. The molecule has 0 spiro atoms. The maximum Gasteiger partial charge on any atom is 0.274 e. The summed E-state index contributed by atoms with van der Waals surface area (Å²) in [6.45, 7) is 2.52. The minimum Gasteiger partial charge on any atom is -0.469 e. The number of furan rings is 1. The molecule has 5 nitrogen and oxygen atoms in total. The molecule has 2 heterocycles. The average molecular weight is 357 g/mol. The fraction of sp³-hybridized carbons (Fsp3) is 0.0909. The molecule has 134 valence electrons. The quantitative estimate of drug-likeness (QED) is 0.426. The molecule has 0 bridgehead atoms. The van der Waals surface area contributed by atoms with Crippen molar-refractivity contribution in [2.24, 2.45) is 5.10 Å². The number of rotatable bonds is 5. The van der Waals surface area contributed by atoms with Gasteiger partial charge < -0.3 is 8.98 Å². The van der Waals surface area contributed by atoms with Crippen LogP contribution in [-0.4, -0.2) is 16.7 Å². The first kappa shape index (κ1) is 16.8. The first-order valence-corrected chi connectivity index (χ1v) is 8.71. The van der Waals surface area contributed by atoms with E-state index in [2.05, 4.69) is 45.6 Å². The van der Waals surface area contributed by atoms with Crippen LogP contribution in [0.1, 0.15) is 27.2 Å². The number of aromatic nitrogens is 1. The van der Waals surface area contributed by atoms with Crippen LogP contribution < -0.4 is 5.43 Å². The van der Waals surface area contributed by atoms with E-state index in [4.69, 9.17) is 4.42 Å². The summed E-state index contributed by atoms with van der Waals surface area (Å²) in [5.74, 6) is 0.285. The number of carbonyl (C=O) groups excluding carboxylic acids is 1. The van der Waals surface area contributed by atoms with Gasteiger partial charge in [-0.25, -0.2) is 5.43 Å². The number of hydrazone groups is 1. The summed E-state index contributed by atoms with van der Waals surface area (Å²) in [6, 6.07) is 20.1. The number of hydrogen-bond acceptors (Lipinski definition) is 3. The minimum atomic E-state index is -0.287. The summed E-state index contributed by atoms with van der Waals surface area (Å²) < 4.78 is 7.34. The Labute approximate surface area is 156 Å². The molecule has 4 aromatic rings. The van der Waals surface area contributed by atoms with E-state index in [0.717, 1.165) is 23.0 Å². The van der Waals surface area contributed by atoms with Crippen LogP contribution in [0.4, 0.5) is 0 Å². The maximum absolute atomic E-state index is 12.1. The zero-order valence-electron chi connectivity index (χ0n) is 14.9. The second-order valence-electron chi connectivity index (χ2n) is 6.30. The van der Waals surface area contributed by atoms with E-state index < -0.39 is 0 Å². The molecular weight excluding hydrogens is 338 g/mol. The lowest BCUT2D eigenvalue weighted by Gasteiger charge is -2.05. The number of benzene rings is 2. The summed E-state index contributed by atoms with van der Waals surface area (Å²) in [4.78, 5) is 12.1. The molecule has 0 aliphatic heterocycles. The topological polar surface area (TPSA) is 59.5 Å². The fourth-order valence-electron chi connectivity index (χ4n) is 3.13. The molecule has 2 aromatic heterocycles. The monoisotopic (exact) mass is 357 g/mol. The van der Waals surface area contributed by atoms with Crippen LogP contribution in [0.5, 0.6) is 0 Å². The molecule has 1 amide bonds. The van der Waals surface area contributed by atoms with Crippen LogP contribution in [0.3, 0.4) is 0 Å². The molecule has 0 aliphatic carbocycles. The normalized spacial score (nSPS) is 11.3. The predicted octanol–water partition coefficient (Wildman–Crippen LogP) is 4.35. The van der Waals surface area contributed by atoms with E-state index in [-0.39, 0.29) is 5.91 Å². The molecule has 5 heteroatoms. The van der Waals surface area contributed by atoms with Crippen molar-refractivity contribution in [2.75, 3.05) is 0 Å². The Morgan fingerprint density at radius 2 is 1.89 bits per heavy atom. The first-order valence-electron chi connectivity index (χ1n) is 8.71. The molecule has 4 rings (SSSR count). The minimum absolute atomic E-state index is 0.287. The Bertz CT molecular complexity index is 1110. The van der Waals surface area contributed by atoms with Crippen LogP contribution in [0, 0.1) is 6.92 Å². The molecule has 0 saturated carbocycles. The van der Waals surface area contributed by atoms with E-state index in [1.165, 1.54) is 11.8 Å². The smallest absolute Gasteiger partial charge is 0.274 e. The van der Waals surface area contributed by atoms with Gasteiger partial charge in [0.2, 0.25) is 0 Å². The number of para-hydroxylation sites is 1. The Morgan fingerprint density at radius 3 is 2.67 bits per heavy atom. The van der Waals surface area contributed by atoms with Gasteiger partial charge in [0.05, 0.1) is 18.0 Å². The number of nitrogens with one attached hydrogen (secondary N) is 1. The zero-order chi connectivity index (χ0) is 18.6. The zero-order valence-corrected chi connectivity index (χ0v) is 14.9. The molecule has 27 heavy (non-hydrogen) atoms. The van der Waals surface area contributed by atoms with E-state index in [9.17, 15) is 4.79 Å². The van der Waals surface area contributed by atoms with Gasteiger partial charge in [-0.1, -0.05) is 48.5 Å². The number of carbonyl (C=O) groups is 1. The number of aryl methyl sites for hydroxylation is 1. The fourth-order valence-corrected chi connectivity index (χ4v) is 3.13. The highest BCUT2D eigenvalue weighted by molar-refractivity contribution is 6.00. The van der Waals surface area contributed by atoms with Crippen molar-refractivity contribution in [1.82, 2.24) is 9.99 Å². The van der Waals surface area contributed by atoms with E-state index in [1.807, 2.05) is 30.3 Å². The Kier molecular flexibility index (Phi) is 4.58. The van der Waals surface area contributed by atoms with Crippen LogP contribution >= 0.6 is 0 Å². The van der Waals surface area contributed by atoms with Gasteiger partial charge in [0.15, 0.2) is 0 Å². The number of nitrogens with zero attached hydrogens (tertiary/aromatic N) is 2. The summed E-state index contributed by atoms with van der Waals surface area (Å²) in [7, 11) is 0. The molecule has 0 aliphatic rings. The van der Waals surface area contributed by atoms with Gasteiger partial charge in [-0.15, -0.1) is 0 Å². The van der Waals surface area contributed by atoms with Crippen molar-refractivity contribution in [1.29, 1.82) is 0 Å². The highest BCUT2D eigenvalue weighted by Gasteiger charge is 2.11. The Morgan fingerprint density at radius 1 is 1.11 bits per heavy atom. The molecule has 0 fully saturated rings. The largest absolute Gasteiger partial charge is 0.469 e. The average Bonchev–Trinajstić information content (AvgIpc) is 3.27. The molecular formula is C22H19N3O2. The first-order chi connectivity index (χ1) is 13.2. The number of fused-ring (bicyclic) bond motifs is 1. The van der Waals surface area contributed by atoms with Gasteiger partial charge in [-0.3, -0.25) is 4.79 Å². The van der Waals surface area contributed by atoms with Crippen LogP contribution in [0.25, 0.3) is 10.9 Å². The molecule has 2 aromatic carbocycles. The number of amides is 1. The Balaban J connectivity index is 1.58. The molecule has 0 radical (unpaired) electrons. The van der Waals surface area contributed by atoms with Crippen LogP contribution in [-0.2, 0) is 6.54 Å². The molecule has 0 unspecified atom stereocenters. The van der Waals surface area contributed by atoms with Crippen molar-refractivity contribution in [3.8, 4) is 0 Å². The van der Waals surface area contributed by atoms with Crippen LogP contribution in [0.15, 0.2) is 82.6 Å². The highest BCUT2D eigenvalue weighted by atomic mass is 16.3. The van der Waals surface area contributed by atoms with E-state index in [0.29, 0.717) is 11.3 Å². The maximum atomic E-state index is 12.1. The second-order valence-corrected chi connectivity index (χ2v) is 6.30. The van der Waals surface area contributed by atoms with Crippen LogP contribution in [0.2, 0.25) is 0 Å². The SMILES string of the molecule is Cc1occc1C(=O)NN=Cc1cn(Cc2ccccc2)c2ccccc12. The van der Waals surface area contributed by atoms with Gasteiger partial charge in [0.1, 0.15) is 5.76 Å². The second kappa shape index (κ2) is 7.33. The molecule has 1 N–H and O–H groups in total. The summed E-state index contributed by atoms with van der Waals surface area (Å²) in [5.41, 5.74) is 6.35. The standard InChI is InChI=1S/C22H19N3O2/c1-16-19(11-12-27-16)22(26)24-23-13-18-15-25(14-17-7-3-2-4-8-17)21-10-6-5-9-20(18)21/h2-13,15H,14H2,1H3,(H,24,26). The molecule has 0 saturated heterocycles. The predicted molar refractivity (Wildman–Crippen MR) is 106 cm³/mol. The van der Waals surface area contributed by atoms with Gasteiger partial charge in [0.25, 0.3) is 5.91 Å². The van der Waals surface area contributed by atoms with Gasteiger partial charge in [-0.2, -0.15) is 5.10 Å². The number of hydrogen-bond donors (Lipinski definition) is 1. The van der Waals surface area contributed by atoms with Gasteiger partial charge in [-0.05, 0) is 24.6 Å². The molecule has 0 atom stereocenters. The highest BCUT2D eigenvalue weighted by Crippen LogP contribution is 2.21. The van der Waals surface area contributed by atoms with Crippen molar-refractivity contribution in [3.63, 3.8) is 0 Å². The third kappa shape index (κ3) is 3.53. The van der Waals surface area contributed by atoms with Crippen molar-refractivity contribution < 1.29 is 9.21 Å². The Hall–Kier alpha value is -3.60. The van der Waals surface area contributed by atoms with E-state index in [1.54, 1.807) is 19.2 Å². The van der Waals surface area contributed by atoms with Crippen molar-refractivity contribution >= 4 is 23.0 Å². The van der Waals surface area contributed by atoms with Crippen molar-refractivity contribution in [2.45, 2.75) is 13.5 Å². The lowest BCUT2D eigenvalue weighted by molar-refractivity contribution is 0.0953. The van der Waals surface area contributed by atoms with Gasteiger partial charge >= 0.3 is 0 Å². The van der Waals surface area contributed by atoms with Crippen molar-refractivity contribution in [3.05, 3.63) is 95.6 Å². The van der Waals surface area contributed by atoms with E-state index >= 15 is 0 Å². The summed E-state index contributed by atoms with van der Waals surface area (Å²) in [6.07, 6.45) is 5.22.